The lowest BCUT2D eigenvalue weighted by Gasteiger charge is -2.25. The average Bonchev–Trinajstić information content (AvgIpc) is 2.91. The molecule has 12 nitrogen and oxygen atoms in total. The van der Waals surface area contributed by atoms with Crippen LogP contribution in [0.25, 0.3) is 11.1 Å². The molecule has 0 radical (unpaired) electrons. The van der Waals surface area contributed by atoms with E-state index < -0.39 is 54.4 Å². The number of rotatable bonds is 7. The van der Waals surface area contributed by atoms with Gasteiger partial charge < -0.3 is 43.4 Å². The topological polar surface area (TPSA) is 223 Å². The molecule has 11 N–H and O–H groups in total. The number of halogens is 1. The highest BCUT2D eigenvalue weighted by Gasteiger charge is 2.31. The van der Waals surface area contributed by atoms with E-state index in [1.54, 1.807) is 12.1 Å². The van der Waals surface area contributed by atoms with Gasteiger partial charge in [0.1, 0.15) is 17.8 Å². The minimum atomic E-state index is -1.27. The Hall–Kier alpha value is -3.27. The van der Waals surface area contributed by atoms with Gasteiger partial charge in [0.15, 0.2) is 0 Å². The Morgan fingerprint density at radius 2 is 1.72 bits per heavy atom. The monoisotopic (exact) mass is 652 g/mol. The molecule has 0 unspecified atom stereocenters. The fourth-order valence-electron chi connectivity index (χ4n) is 4.26. The van der Waals surface area contributed by atoms with Crippen LogP contribution in [0.4, 0.5) is 0 Å². The number of aliphatic hydroxyl groups excluding tert-OH is 1. The zero-order chi connectivity index (χ0) is 28.7. The van der Waals surface area contributed by atoms with Crippen LogP contribution in [0.15, 0.2) is 36.4 Å². The van der Waals surface area contributed by atoms with E-state index in [9.17, 15) is 29.4 Å². The van der Waals surface area contributed by atoms with E-state index in [0.29, 0.717) is 9.99 Å². The molecule has 1 aliphatic rings. The molecule has 2 aromatic carbocycles. The maximum Gasteiger partial charge on any atom is 0.243 e. The number of nitrogens with two attached hydrogens (primary N) is 3. The standard InChI is InChI=1S/C26H33IN6O6/c27-10-15-2-1-13-5-16(15)8-20(25(38)31-12-23(30)36)33-26(39)21(9-18(34)11-28)32-24(37)19(29)7-17-6-14(13)3-4-22(17)35/h1-6,18-21,34-35H,7-12,28-29H2,(H2,30,36)(H,31,38)(H,32,37)(H,33,39)/t18-,19+,20+,21+/m1/s1. The van der Waals surface area contributed by atoms with Gasteiger partial charge in [-0.15, -0.1) is 0 Å². The van der Waals surface area contributed by atoms with E-state index in [1.807, 2.05) is 18.2 Å². The molecule has 0 saturated carbocycles. The van der Waals surface area contributed by atoms with Crippen LogP contribution in [0.3, 0.4) is 0 Å². The fourth-order valence-corrected chi connectivity index (χ4v) is 5.01. The van der Waals surface area contributed by atoms with E-state index >= 15 is 0 Å². The highest BCUT2D eigenvalue weighted by Crippen LogP contribution is 2.29. The molecule has 0 aliphatic carbocycles. The summed E-state index contributed by atoms with van der Waals surface area (Å²) < 4.78 is 0.619. The smallest absolute Gasteiger partial charge is 0.243 e. The minimum Gasteiger partial charge on any atom is -0.508 e. The Labute approximate surface area is 239 Å². The maximum atomic E-state index is 13.4. The van der Waals surface area contributed by atoms with Crippen LogP contribution >= 0.6 is 22.6 Å². The number of hydrogen-bond acceptors (Lipinski definition) is 8. The van der Waals surface area contributed by atoms with Crippen molar-refractivity contribution in [2.24, 2.45) is 17.2 Å². The van der Waals surface area contributed by atoms with Gasteiger partial charge in [0.25, 0.3) is 0 Å². The van der Waals surface area contributed by atoms with Gasteiger partial charge in [-0.25, -0.2) is 0 Å². The van der Waals surface area contributed by atoms with Crippen LogP contribution in [-0.2, 0) is 36.4 Å². The molecular formula is C26H33IN6O6. The number of benzene rings is 2. The molecule has 4 bridgehead atoms. The Bertz CT molecular complexity index is 1240. The average molecular weight is 652 g/mol. The first-order valence-corrected chi connectivity index (χ1v) is 13.8. The quantitative estimate of drug-likeness (QED) is 0.132. The Balaban J connectivity index is 2.12. The van der Waals surface area contributed by atoms with E-state index in [1.165, 1.54) is 6.07 Å². The number of nitrogens with one attached hydrogen (secondary N) is 3. The molecule has 2 aromatic rings. The number of phenolic OH excluding ortho intramolecular Hbond substituents is 1. The van der Waals surface area contributed by atoms with Crippen LogP contribution in [0.1, 0.15) is 23.1 Å². The molecule has 0 aromatic heterocycles. The second-order valence-electron chi connectivity index (χ2n) is 9.41. The normalized spacial score (nSPS) is 20.6. The van der Waals surface area contributed by atoms with Gasteiger partial charge in [0.05, 0.1) is 18.7 Å². The van der Waals surface area contributed by atoms with E-state index in [4.69, 9.17) is 17.2 Å². The molecule has 4 amide bonds. The van der Waals surface area contributed by atoms with Gasteiger partial charge >= 0.3 is 0 Å². The number of aliphatic hydroxyl groups is 1. The van der Waals surface area contributed by atoms with E-state index in [2.05, 4.69) is 38.5 Å². The van der Waals surface area contributed by atoms with Gasteiger partial charge in [-0.2, -0.15) is 0 Å². The van der Waals surface area contributed by atoms with Crippen molar-refractivity contribution in [1.82, 2.24) is 16.0 Å². The lowest BCUT2D eigenvalue weighted by molar-refractivity contribution is -0.133. The number of phenols is 1. The predicted octanol–water partition coefficient (Wildman–Crippen LogP) is -1.30. The van der Waals surface area contributed by atoms with Crippen molar-refractivity contribution in [2.75, 3.05) is 13.1 Å². The number of alkyl halides is 1. The molecule has 1 heterocycles. The lowest BCUT2D eigenvalue weighted by atomic mass is 9.93. The Kier molecular flexibility index (Phi) is 10.6. The summed E-state index contributed by atoms with van der Waals surface area (Å²) in [5.41, 5.74) is 20.5. The summed E-state index contributed by atoms with van der Waals surface area (Å²) in [7, 11) is 0. The maximum absolute atomic E-state index is 13.4. The number of fused-ring (bicyclic) bond motifs is 5. The van der Waals surface area contributed by atoms with Gasteiger partial charge in [-0.1, -0.05) is 46.9 Å². The van der Waals surface area contributed by atoms with Crippen molar-refractivity contribution in [1.29, 1.82) is 0 Å². The molecule has 4 atom stereocenters. The van der Waals surface area contributed by atoms with Crippen LogP contribution in [0, 0.1) is 0 Å². The molecule has 1 aliphatic heterocycles. The van der Waals surface area contributed by atoms with Crippen molar-refractivity contribution in [3.63, 3.8) is 0 Å². The van der Waals surface area contributed by atoms with Crippen molar-refractivity contribution >= 4 is 46.2 Å². The third-order valence-corrected chi connectivity index (χ3v) is 7.27. The van der Waals surface area contributed by atoms with Gasteiger partial charge in [-0.3, -0.25) is 19.2 Å². The SMILES string of the molecule is NC[C@H](O)C[C@@H]1NC(=O)[C@@H](N)Cc2cc(ccc2O)-c2ccc(CI)c(c2)C[C@@H](C(=O)NCC(N)=O)NC1=O. The summed E-state index contributed by atoms with van der Waals surface area (Å²) in [4.78, 5) is 50.7. The van der Waals surface area contributed by atoms with Crippen LogP contribution in [0.2, 0.25) is 0 Å². The number of aromatic hydroxyl groups is 1. The molecular weight excluding hydrogens is 619 g/mol. The molecule has 39 heavy (non-hydrogen) atoms. The van der Waals surface area contributed by atoms with Crippen molar-refractivity contribution in [3.05, 3.63) is 53.1 Å². The highest BCUT2D eigenvalue weighted by atomic mass is 127. The summed E-state index contributed by atoms with van der Waals surface area (Å²) >= 11 is 2.20. The van der Waals surface area contributed by atoms with Gasteiger partial charge in [0.2, 0.25) is 23.6 Å². The van der Waals surface area contributed by atoms with Crippen molar-refractivity contribution < 1.29 is 29.4 Å². The summed E-state index contributed by atoms with van der Waals surface area (Å²) in [6.45, 7) is -0.595. The number of carbonyl (C=O) groups excluding carboxylic acids is 4. The minimum absolute atomic E-state index is 0.0177. The second kappa shape index (κ2) is 13.7. The molecule has 0 fully saturated rings. The van der Waals surface area contributed by atoms with Crippen molar-refractivity contribution in [2.45, 2.75) is 47.9 Å². The largest absolute Gasteiger partial charge is 0.508 e. The number of hydrogen-bond donors (Lipinski definition) is 8. The third-order valence-electron chi connectivity index (χ3n) is 6.45. The number of carbonyl (C=O) groups is 4. The summed E-state index contributed by atoms with van der Waals surface area (Å²) in [6, 6.07) is 7.16. The highest BCUT2D eigenvalue weighted by molar-refractivity contribution is 14.1. The molecule has 13 heteroatoms. The molecule has 3 rings (SSSR count). The first-order valence-electron chi connectivity index (χ1n) is 12.3. The second-order valence-corrected chi connectivity index (χ2v) is 10.2. The van der Waals surface area contributed by atoms with Crippen molar-refractivity contribution in [3.8, 4) is 16.9 Å². The molecule has 0 spiro atoms. The van der Waals surface area contributed by atoms with E-state index in [0.717, 1.165) is 22.3 Å². The zero-order valence-corrected chi connectivity index (χ0v) is 23.3. The summed E-state index contributed by atoms with van der Waals surface area (Å²) in [5.74, 6) is -2.87. The van der Waals surface area contributed by atoms with Gasteiger partial charge in [-0.05, 0) is 39.9 Å². The number of primary amides is 1. The first-order chi connectivity index (χ1) is 18.5. The van der Waals surface area contributed by atoms with Gasteiger partial charge in [0, 0.05) is 30.2 Å². The first kappa shape index (κ1) is 30.3. The Morgan fingerprint density at radius 1 is 1.05 bits per heavy atom. The zero-order valence-electron chi connectivity index (χ0n) is 21.2. The fraction of sp³-hybridized carbons (Fsp3) is 0.385. The molecule has 0 saturated heterocycles. The summed E-state index contributed by atoms with van der Waals surface area (Å²) in [6.07, 6.45) is -1.31. The predicted molar refractivity (Wildman–Crippen MR) is 152 cm³/mol. The third kappa shape index (κ3) is 8.11. The van der Waals surface area contributed by atoms with Crippen LogP contribution in [-0.4, -0.2) is 71.2 Å². The van der Waals surface area contributed by atoms with Crippen LogP contribution < -0.4 is 33.2 Å². The van der Waals surface area contributed by atoms with E-state index in [-0.39, 0.29) is 31.6 Å². The number of amides is 4. The Morgan fingerprint density at radius 3 is 2.36 bits per heavy atom. The lowest BCUT2D eigenvalue weighted by Crippen LogP contribution is -2.57. The van der Waals surface area contributed by atoms with Crippen LogP contribution in [0.5, 0.6) is 5.75 Å². The summed E-state index contributed by atoms with van der Waals surface area (Å²) in [5, 5.41) is 28.2. The molecule has 210 valence electrons.